The van der Waals surface area contributed by atoms with E-state index in [2.05, 4.69) is 36.4 Å². The average molecular weight is 265 g/mol. The first-order valence-corrected chi connectivity index (χ1v) is 7.22. The van der Waals surface area contributed by atoms with Gasteiger partial charge in [0.2, 0.25) is 0 Å². The van der Waals surface area contributed by atoms with Gasteiger partial charge in [-0.3, -0.25) is 0 Å². The summed E-state index contributed by atoms with van der Waals surface area (Å²) in [6.45, 7) is 2.21. The maximum atomic E-state index is 9.56. The topological polar surface area (TPSA) is 32.6 Å². The molecule has 0 fully saturated rings. The summed E-state index contributed by atoms with van der Waals surface area (Å²) < 4.78 is 0. The number of hydrogen-bond acceptors (Lipinski definition) is 2. The van der Waals surface area contributed by atoms with E-state index in [-0.39, 0.29) is 0 Å². The lowest BCUT2D eigenvalue weighted by molar-refractivity contribution is 0.318. The lowest BCUT2D eigenvalue weighted by Gasteiger charge is -2.22. The minimum absolute atomic E-state index is 0.452. The Bertz CT molecular complexity index is 679. The monoisotopic (exact) mass is 265 g/mol. The Balaban J connectivity index is 2.15. The van der Waals surface area contributed by atoms with Gasteiger partial charge in [-0.25, -0.2) is 0 Å². The van der Waals surface area contributed by atoms with Crippen LogP contribution in [-0.4, -0.2) is 10.9 Å². The van der Waals surface area contributed by atoms with Crippen molar-refractivity contribution < 1.29 is 5.21 Å². The van der Waals surface area contributed by atoms with Crippen molar-refractivity contribution in [3.8, 4) is 0 Å². The Labute approximate surface area is 119 Å². The lowest BCUT2D eigenvalue weighted by Crippen LogP contribution is -2.15. The number of fused-ring (bicyclic) bond motifs is 1. The van der Waals surface area contributed by atoms with E-state index in [1.165, 1.54) is 17.4 Å². The molecular weight excluding hydrogens is 246 g/mol. The summed E-state index contributed by atoms with van der Waals surface area (Å²) in [5.74, 6) is 0.452. The van der Waals surface area contributed by atoms with Gasteiger partial charge in [0.1, 0.15) is 5.71 Å². The van der Waals surface area contributed by atoms with E-state index in [1.54, 1.807) is 0 Å². The number of oxime groups is 1. The van der Waals surface area contributed by atoms with Gasteiger partial charge < -0.3 is 5.21 Å². The molecule has 2 aromatic rings. The highest BCUT2D eigenvalue weighted by molar-refractivity contribution is 6.19. The normalized spacial score (nSPS) is 19.9. The molecule has 0 saturated carbocycles. The average Bonchev–Trinajstić information content (AvgIpc) is 2.50. The zero-order chi connectivity index (χ0) is 13.9. The summed E-state index contributed by atoms with van der Waals surface area (Å²) in [4.78, 5) is 0. The van der Waals surface area contributed by atoms with Crippen LogP contribution in [0.5, 0.6) is 0 Å². The predicted molar refractivity (Wildman–Crippen MR) is 83.4 cm³/mol. The zero-order valence-corrected chi connectivity index (χ0v) is 11.7. The quantitative estimate of drug-likeness (QED) is 0.474. The first-order chi connectivity index (χ1) is 9.81. The maximum absolute atomic E-state index is 9.56. The fourth-order valence-corrected chi connectivity index (χ4v) is 3.07. The molecule has 1 atom stereocenters. The van der Waals surface area contributed by atoms with Crippen LogP contribution in [0, 0.1) is 5.92 Å². The van der Waals surface area contributed by atoms with Gasteiger partial charge in [0.15, 0.2) is 0 Å². The van der Waals surface area contributed by atoms with Crippen molar-refractivity contribution in [2.45, 2.75) is 26.2 Å². The molecule has 0 amide bonds. The van der Waals surface area contributed by atoms with Crippen LogP contribution in [0.4, 0.5) is 0 Å². The van der Waals surface area contributed by atoms with Crippen LogP contribution in [0.25, 0.3) is 10.8 Å². The van der Waals surface area contributed by atoms with Crippen LogP contribution in [0.15, 0.2) is 59.3 Å². The highest BCUT2D eigenvalue weighted by atomic mass is 16.4. The smallest absolute Gasteiger partial charge is 0.113 e. The van der Waals surface area contributed by atoms with Crippen LogP contribution in [-0.2, 0) is 0 Å². The summed E-state index contributed by atoms with van der Waals surface area (Å²) in [5, 5.41) is 15.5. The van der Waals surface area contributed by atoms with Gasteiger partial charge >= 0.3 is 0 Å². The van der Waals surface area contributed by atoms with Crippen molar-refractivity contribution in [2.75, 3.05) is 0 Å². The second kappa shape index (κ2) is 5.49. The van der Waals surface area contributed by atoms with Crippen molar-refractivity contribution in [3.63, 3.8) is 0 Å². The van der Waals surface area contributed by atoms with Crippen LogP contribution in [0.1, 0.15) is 31.7 Å². The Hall–Kier alpha value is -2.09. The number of nitrogens with zero attached hydrogens (tertiary/aromatic N) is 1. The molecule has 3 rings (SSSR count). The Morgan fingerprint density at radius 2 is 1.95 bits per heavy atom. The molecule has 2 nitrogen and oxygen atoms in total. The molecule has 0 bridgehead atoms. The molecule has 2 aromatic carbocycles. The number of allylic oxidation sites excluding steroid dienone is 2. The van der Waals surface area contributed by atoms with Gasteiger partial charge in [0.05, 0.1) is 0 Å². The number of benzene rings is 2. The third-order valence-electron chi connectivity index (χ3n) is 4.15. The predicted octanol–water partition coefficient (Wildman–Crippen LogP) is 4.76. The van der Waals surface area contributed by atoms with Crippen molar-refractivity contribution in [1.29, 1.82) is 0 Å². The molecule has 1 unspecified atom stereocenters. The van der Waals surface area contributed by atoms with E-state index >= 15 is 0 Å². The molecule has 0 aliphatic heterocycles. The minimum atomic E-state index is 0.452. The van der Waals surface area contributed by atoms with Gasteiger partial charge in [0, 0.05) is 5.56 Å². The first kappa shape index (κ1) is 12.9. The molecule has 1 aliphatic rings. The Kier molecular flexibility index (Phi) is 3.55. The van der Waals surface area contributed by atoms with E-state index in [9.17, 15) is 5.21 Å². The molecule has 1 aliphatic carbocycles. The molecule has 20 heavy (non-hydrogen) atoms. The van der Waals surface area contributed by atoms with Crippen LogP contribution in [0.2, 0.25) is 0 Å². The first-order valence-electron chi connectivity index (χ1n) is 7.22. The van der Waals surface area contributed by atoms with Gasteiger partial charge in [-0.1, -0.05) is 60.6 Å². The van der Waals surface area contributed by atoms with Crippen LogP contribution < -0.4 is 0 Å². The minimum Gasteiger partial charge on any atom is -0.410 e. The molecule has 0 spiro atoms. The van der Waals surface area contributed by atoms with Gasteiger partial charge in [0.25, 0.3) is 0 Å². The molecule has 102 valence electrons. The summed E-state index contributed by atoms with van der Waals surface area (Å²) in [7, 11) is 0. The van der Waals surface area contributed by atoms with Crippen molar-refractivity contribution in [1.82, 2.24) is 0 Å². The summed E-state index contributed by atoms with van der Waals surface area (Å²) in [6.07, 6.45) is 5.68. The van der Waals surface area contributed by atoms with Crippen molar-refractivity contribution >= 4 is 16.5 Å². The molecule has 0 aromatic heterocycles. The van der Waals surface area contributed by atoms with Gasteiger partial charge in [-0.15, -0.1) is 0 Å². The Morgan fingerprint density at radius 1 is 1.15 bits per heavy atom. The lowest BCUT2D eigenvalue weighted by atomic mass is 9.83. The molecular formula is C18H19NO. The number of hydrogen-bond donors (Lipinski definition) is 1. The molecule has 0 radical (unpaired) electrons. The maximum Gasteiger partial charge on any atom is 0.113 e. The summed E-state index contributed by atoms with van der Waals surface area (Å²) in [5.41, 5.74) is 2.93. The second-order valence-electron chi connectivity index (χ2n) is 5.47. The molecule has 1 N–H and O–H groups in total. The van der Waals surface area contributed by atoms with E-state index in [0.717, 1.165) is 29.5 Å². The third-order valence-corrected chi connectivity index (χ3v) is 4.15. The van der Waals surface area contributed by atoms with Crippen molar-refractivity contribution in [2.24, 2.45) is 11.1 Å². The van der Waals surface area contributed by atoms with Gasteiger partial charge in [-0.05, 0) is 41.5 Å². The molecule has 0 heterocycles. The zero-order valence-electron chi connectivity index (χ0n) is 11.7. The molecule has 0 saturated heterocycles. The van der Waals surface area contributed by atoms with Crippen molar-refractivity contribution in [3.05, 3.63) is 59.7 Å². The highest BCUT2D eigenvalue weighted by Gasteiger charge is 2.21. The SMILES string of the molecule is CC1CCCC=C1C(=NO)c1cccc2ccccc12. The fourth-order valence-electron chi connectivity index (χ4n) is 3.07. The molecule has 2 heteroatoms. The van der Waals surface area contributed by atoms with E-state index < -0.39 is 0 Å². The van der Waals surface area contributed by atoms with E-state index in [1.807, 2.05) is 24.3 Å². The van der Waals surface area contributed by atoms with Crippen LogP contribution in [0.3, 0.4) is 0 Å². The highest BCUT2D eigenvalue weighted by Crippen LogP contribution is 2.30. The van der Waals surface area contributed by atoms with E-state index in [0.29, 0.717) is 5.92 Å². The fraction of sp³-hybridized carbons (Fsp3) is 0.278. The second-order valence-corrected chi connectivity index (χ2v) is 5.47. The Morgan fingerprint density at radius 3 is 2.75 bits per heavy atom. The number of rotatable bonds is 2. The van der Waals surface area contributed by atoms with Crippen LogP contribution >= 0.6 is 0 Å². The third kappa shape index (κ3) is 2.22. The standard InChI is InChI=1S/C18H19NO/c1-13-7-2-4-10-15(13)18(19-20)17-12-6-9-14-8-3-5-11-16(14)17/h3,5-6,8-13,20H,2,4,7H2,1H3. The summed E-state index contributed by atoms with van der Waals surface area (Å²) in [6, 6.07) is 14.4. The van der Waals surface area contributed by atoms with Gasteiger partial charge in [-0.2, -0.15) is 0 Å². The largest absolute Gasteiger partial charge is 0.410 e. The summed E-state index contributed by atoms with van der Waals surface area (Å²) >= 11 is 0. The van der Waals surface area contributed by atoms with E-state index in [4.69, 9.17) is 0 Å².